The van der Waals surface area contributed by atoms with E-state index < -0.39 is 4.92 Å². The predicted molar refractivity (Wildman–Crippen MR) is 70.1 cm³/mol. The van der Waals surface area contributed by atoms with Crippen LogP contribution in [0.4, 0.5) is 17.1 Å². The Morgan fingerprint density at radius 1 is 1.05 bits per heavy atom. The molecule has 2 rings (SSSR count). The maximum absolute atomic E-state index is 10.5. The van der Waals surface area contributed by atoms with Crippen molar-refractivity contribution in [3.05, 3.63) is 58.1 Å². The van der Waals surface area contributed by atoms with Crippen LogP contribution in [0.3, 0.4) is 0 Å². The molecule has 0 atom stereocenters. The van der Waals surface area contributed by atoms with E-state index in [2.05, 4.69) is 10.2 Å². The molecule has 96 valence electrons. The molecule has 2 aromatic rings. The Kier molecular flexibility index (Phi) is 3.51. The van der Waals surface area contributed by atoms with Crippen LogP contribution in [0.1, 0.15) is 5.56 Å². The van der Waals surface area contributed by atoms with E-state index in [4.69, 9.17) is 0 Å². The van der Waals surface area contributed by atoms with Gasteiger partial charge in [0.15, 0.2) is 0 Å². The molecule has 0 unspecified atom stereocenters. The standard InChI is InChI=1S/C13H11N3O3/c1-9-8-11(4-7-13(9)17)15-14-10-2-5-12(6-3-10)16(18)19/h2-8,17H,1H3. The van der Waals surface area contributed by atoms with Crippen LogP contribution in [0.25, 0.3) is 0 Å². The van der Waals surface area contributed by atoms with Crippen molar-refractivity contribution < 1.29 is 10.0 Å². The Morgan fingerprint density at radius 3 is 2.21 bits per heavy atom. The second-order valence-electron chi connectivity index (χ2n) is 3.94. The van der Waals surface area contributed by atoms with E-state index >= 15 is 0 Å². The molecule has 0 fully saturated rings. The SMILES string of the molecule is Cc1cc(N=Nc2ccc([N+](=O)[O-])cc2)ccc1O. The molecule has 0 aliphatic rings. The minimum absolute atomic E-state index is 0.0134. The average molecular weight is 257 g/mol. The van der Waals surface area contributed by atoms with E-state index in [0.717, 1.165) is 0 Å². The maximum Gasteiger partial charge on any atom is 0.269 e. The third-order valence-corrected chi connectivity index (χ3v) is 2.52. The van der Waals surface area contributed by atoms with Gasteiger partial charge in [0.05, 0.1) is 16.3 Å². The number of aryl methyl sites for hydroxylation is 1. The molecule has 0 aliphatic heterocycles. The van der Waals surface area contributed by atoms with Crippen molar-refractivity contribution in [1.82, 2.24) is 0 Å². The van der Waals surface area contributed by atoms with Crippen molar-refractivity contribution in [3.8, 4) is 5.75 Å². The summed E-state index contributed by atoms with van der Waals surface area (Å²) in [6, 6.07) is 10.7. The first-order valence-electron chi connectivity index (χ1n) is 5.52. The summed E-state index contributed by atoms with van der Waals surface area (Å²) in [5.41, 5.74) is 1.85. The molecule has 0 radical (unpaired) electrons. The van der Waals surface area contributed by atoms with Crippen LogP contribution in [0.5, 0.6) is 5.75 Å². The smallest absolute Gasteiger partial charge is 0.269 e. The molecular formula is C13H11N3O3. The molecule has 0 saturated heterocycles. The van der Waals surface area contributed by atoms with E-state index in [9.17, 15) is 15.2 Å². The van der Waals surface area contributed by atoms with Gasteiger partial charge in [-0.25, -0.2) is 0 Å². The molecule has 1 N–H and O–H groups in total. The van der Waals surface area contributed by atoms with Crippen LogP contribution >= 0.6 is 0 Å². The second-order valence-corrected chi connectivity index (χ2v) is 3.94. The lowest BCUT2D eigenvalue weighted by Gasteiger charge is -1.98. The van der Waals surface area contributed by atoms with Crippen molar-refractivity contribution >= 4 is 17.1 Å². The minimum Gasteiger partial charge on any atom is -0.508 e. The number of azo groups is 1. The van der Waals surface area contributed by atoms with Crippen LogP contribution in [0.15, 0.2) is 52.7 Å². The monoisotopic (exact) mass is 257 g/mol. The highest BCUT2D eigenvalue weighted by molar-refractivity contribution is 5.47. The Bertz CT molecular complexity index is 636. The average Bonchev–Trinajstić information content (AvgIpc) is 2.40. The first kappa shape index (κ1) is 12.7. The number of aromatic hydroxyl groups is 1. The Morgan fingerprint density at radius 2 is 1.63 bits per heavy atom. The van der Waals surface area contributed by atoms with Gasteiger partial charge in [0.2, 0.25) is 0 Å². The largest absolute Gasteiger partial charge is 0.508 e. The summed E-state index contributed by atoms with van der Waals surface area (Å²) in [5, 5.41) is 27.8. The summed E-state index contributed by atoms with van der Waals surface area (Å²) < 4.78 is 0. The molecule has 0 bridgehead atoms. The van der Waals surface area contributed by atoms with Gasteiger partial charge in [-0.1, -0.05) is 0 Å². The van der Waals surface area contributed by atoms with Gasteiger partial charge in [0.25, 0.3) is 5.69 Å². The zero-order valence-corrected chi connectivity index (χ0v) is 10.1. The molecule has 0 aromatic heterocycles. The summed E-state index contributed by atoms with van der Waals surface area (Å²) in [6.07, 6.45) is 0. The first-order valence-corrected chi connectivity index (χ1v) is 5.52. The van der Waals surface area contributed by atoms with E-state index in [-0.39, 0.29) is 11.4 Å². The van der Waals surface area contributed by atoms with Gasteiger partial charge in [-0.05, 0) is 42.8 Å². The predicted octanol–water partition coefficient (Wildman–Crippen LogP) is 4.02. The van der Waals surface area contributed by atoms with Crippen molar-refractivity contribution in [2.45, 2.75) is 6.92 Å². The van der Waals surface area contributed by atoms with Crippen molar-refractivity contribution in [1.29, 1.82) is 0 Å². The van der Waals surface area contributed by atoms with Gasteiger partial charge in [-0.2, -0.15) is 10.2 Å². The number of hydrogen-bond donors (Lipinski definition) is 1. The molecule has 19 heavy (non-hydrogen) atoms. The molecule has 0 heterocycles. The molecule has 0 saturated carbocycles. The summed E-state index contributed by atoms with van der Waals surface area (Å²) in [5.74, 6) is 0.203. The molecule has 0 amide bonds. The number of nitro groups is 1. The number of phenols is 1. The number of rotatable bonds is 3. The third kappa shape index (κ3) is 3.12. The third-order valence-electron chi connectivity index (χ3n) is 2.52. The molecule has 0 spiro atoms. The quantitative estimate of drug-likeness (QED) is 0.511. The summed E-state index contributed by atoms with van der Waals surface area (Å²) in [7, 11) is 0. The number of nitrogens with zero attached hydrogens (tertiary/aromatic N) is 3. The number of hydrogen-bond acceptors (Lipinski definition) is 5. The molecule has 6 heteroatoms. The van der Waals surface area contributed by atoms with Crippen LogP contribution in [0.2, 0.25) is 0 Å². The zero-order valence-electron chi connectivity index (χ0n) is 10.1. The van der Waals surface area contributed by atoms with Gasteiger partial charge in [0, 0.05) is 12.1 Å². The first-order chi connectivity index (χ1) is 9.06. The van der Waals surface area contributed by atoms with Gasteiger partial charge < -0.3 is 5.11 Å². The normalized spacial score (nSPS) is 10.8. The highest BCUT2D eigenvalue weighted by atomic mass is 16.6. The lowest BCUT2D eigenvalue weighted by molar-refractivity contribution is -0.384. The fraction of sp³-hybridized carbons (Fsp3) is 0.0769. The van der Waals surface area contributed by atoms with Crippen molar-refractivity contribution in [2.24, 2.45) is 10.2 Å². The highest BCUT2D eigenvalue weighted by Crippen LogP contribution is 2.25. The lowest BCUT2D eigenvalue weighted by atomic mass is 10.2. The maximum atomic E-state index is 10.5. The van der Waals surface area contributed by atoms with Crippen LogP contribution in [-0.4, -0.2) is 10.0 Å². The van der Waals surface area contributed by atoms with E-state index in [1.165, 1.54) is 24.3 Å². The Balaban J connectivity index is 2.17. The Labute approximate surface area is 109 Å². The van der Waals surface area contributed by atoms with Crippen LogP contribution in [-0.2, 0) is 0 Å². The van der Waals surface area contributed by atoms with Gasteiger partial charge in [-0.15, -0.1) is 0 Å². The zero-order chi connectivity index (χ0) is 13.8. The van der Waals surface area contributed by atoms with E-state index in [1.54, 1.807) is 25.1 Å². The minimum atomic E-state index is -0.468. The molecular weight excluding hydrogens is 246 g/mol. The summed E-state index contributed by atoms with van der Waals surface area (Å²) in [4.78, 5) is 10.0. The number of phenolic OH excluding ortho intramolecular Hbond substituents is 1. The van der Waals surface area contributed by atoms with Crippen LogP contribution in [0, 0.1) is 17.0 Å². The van der Waals surface area contributed by atoms with Crippen molar-refractivity contribution in [2.75, 3.05) is 0 Å². The number of benzene rings is 2. The van der Waals surface area contributed by atoms with Gasteiger partial charge in [-0.3, -0.25) is 10.1 Å². The summed E-state index contributed by atoms with van der Waals surface area (Å²) >= 11 is 0. The molecule has 2 aromatic carbocycles. The van der Waals surface area contributed by atoms with Crippen molar-refractivity contribution in [3.63, 3.8) is 0 Å². The van der Waals surface area contributed by atoms with Gasteiger partial charge in [0.1, 0.15) is 5.75 Å². The lowest BCUT2D eigenvalue weighted by Crippen LogP contribution is -1.85. The van der Waals surface area contributed by atoms with E-state index in [0.29, 0.717) is 16.9 Å². The van der Waals surface area contributed by atoms with E-state index in [1.807, 2.05) is 0 Å². The number of nitro benzene ring substituents is 1. The fourth-order valence-electron chi connectivity index (χ4n) is 1.46. The summed E-state index contributed by atoms with van der Waals surface area (Å²) in [6.45, 7) is 1.76. The molecule has 6 nitrogen and oxygen atoms in total. The topological polar surface area (TPSA) is 88.1 Å². The Hall–Kier alpha value is -2.76. The highest BCUT2D eigenvalue weighted by Gasteiger charge is 2.03. The van der Waals surface area contributed by atoms with Gasteiger partial charge >= 0.3 is 0 Å². The number of non-ortho nitro benzene ring substituents is 1. The molecule has 0 aliphatic carbocycles. The van der Waals surface area contributed by atoms with Crippen LogP contribution < -0.4 is 0 Å². The second kappa shape index (κ2) is 5.26. The fourth-order valence-corrected chi connectivity index (χ4v) is 1.46.